The normalized spacial score (nSPS) is 26.9. The van der Waals surface area contributed by atoms with Gasteiger partial charge in [0.05, 0.1) is 5.69 Å². The lowest BCUT2D eigenvalue weighted by molar-refractivity contribution is -0.0883. The van der Waals surface area contributed by atoms with Gasteiger partial charge in [-0.15, -0.1) is 0 Å². The van der Waals surface area contributed by atoms with Crippen molar-refractivity contribution in [2.24, 2.45) is 5.92 Å². The Kier molecular flexibility index (Phi) is 4.63. The van der Waals surface area contributed by atoms with E-state index in [1.807, 2.05) is 6.92 Å². The molecule has 0 saturated heterocycles. The summed E-state index contributed by atoms with van der Waals surface area (Å²) < 4.78 is 6.08. The smallest absolute Gasteiger partial charge is 0.251 e. The summed E-state index contributed by atoms with van der Waals surface area (Å²) in [7, 11) is 0. The van der Waals surface area contributed by atoms with E-state index in [1.54, 1.807) is 6.07 Å². The maximum atomic E-state index is 11.9. The second kappa shape index (κ2) is 6.08. The predicted molar refractivity (Wildman–Crippen MR) is 79.9 cm³/mol. The van der Waals surface area contributed by atoms with Crippen LogP contribution in [0.2, 0.25) is 0 Å². The minimum absolute atomic E-state index is 0.0731. The molecule has 1 fully saturated rings. The number of hydrogen-bond donors (Lipinski definition) is 1. The van der Waals surface area contributed by atoms with E-state index >= 15 is 0 Å². The standard InChI is InChI=1S/C16H26N2O2/c1-5-20-16(8-6-7-12(4)10-16)15-17-13(11(2)3)9-14(19)18-15/h9,11-12H,5-8,10H2,1-4H3,(H,17,18,19). The molecule has 0 amide bonds. The molecule has 0 radical (unpaired) electrons. The van der Waals surface area contributed by atoms with Crippen molar-refractivity contribution in [2.45, 2.75) is 64.9 Å². The lowest BCUT2D eigenvalue weighted by Gasteiger charge is -2.39. The molecule has 1 N–H and O–H groups in total. The minimum Gasteiger partial charge on any atom is -0.367 e. The molecule has 20 heavy (non-hydrogen) atoms. The molecular weight excluding hydrogens is 252 g/mol. The van der Waals surface area contributed by atoms with Gasteiger partial charge in [0.15, 0.2) is 0 Å². The molecule has 2 atom stereocenters. The highest BCUT2D eigenvalue weighted by atomic mass is 16.5. The first kappa shape index (κ1) is 15.2. The lowest BCUT2D eigenvalue weighted by Crippen LogP contribution is -2.38. The van der Waals surface area contributed by atoms with Gasteiger partial charge in [0.1, 0.15) is 11.4 Å². The van der Waals surface area contributed by atoms with Crippen LogP contribution in [0.3, 0.4) is 0 Å². The van der Waals surface area contributed by atoms with Gasteiger partial charge in [0, 0.05) is 12.7 Å². The van der Waals surface area contributed by atoms with Crippen LogP contribution in [0, 0.1) is 5.92 Å². The van der Waals surface area contributed by atoms with Crippen molar-refractivity contribution < 1.29 is 4.74 Å². The van der Waals surface area contributed by atoms with Gasteiger partial charge >= 0.3 is 0 Å². The number of H-pyrrole nitrogens is 1. The Bertz CT molecular complexity index is 505. The molecule has 1 aliphatic carbocycles. The van der Waals surface area contributed by atoms with Gasteiger partial charge in [-0.2, -0.15) is 0 Å². The molecule has 1 aromatic heterocycles. The van der Waals surface area contributed by atoms with E-state index in [4.69, 9.17) is 9.72 Å². The zero-order valence-corrected chi connectivity index (χ0v) is 13.0. The Balaban J connectivity index is 2.46. The minimum atomic E-state index is -0.406. The summed E-state index contributed by atoms with van der Waals surface area (Å²) in [6.07, 6.45) is 4.22. The van der Waals surface area contributed by atoms with Gasteiger partial charge in [0.25, 0.3) is 5.56 Å². The van der Waals surface area contributed by atoms with Gasteiger partial charge in [-0.05, 0) is 38.0 Å². The Morgan fingerprint density at radius 1 is 1.55 bits per heavy atom. The SMILES string of the molecule is CCOC1(c2nc(C(C)C)cc(=O)[nH]2)CCCC(C)C1. The van der Waals surface area contributed by atoms with Crippen LogP contribution in [-0.2, 0) is 10.3 Å². The third kappa shape index (κ3) is 3.11. The molecule has 4 nitrogen and oxygen atoms in total. The first-order valence-corrected chi connectivity index (χ1v) is 7.72. The number of nitrogens with zero attached hydrogens (tertiary/aromatic N) is 1. The predicted octanol–water partition coefficient (Wildman–Crippen LogP) is 3.34. The van der Waals surface area contributed by atoms with Crippen LogP contribution in [-0.4, -0.2) is 16.6 Å². The van der Waals surface area contributed by atoms with E-state index in [2.05, 4.69) is 25.8 Å². The fraction of sp³-hybridized carbons (Fsp3) is 0.750. The zero-order valence-electron chi connectivity index (χ0n) is 13.0. The number of hydrogen-bond acceptors (Lipinski definition) is 3. The van der Waals surface area contributed by atoms with Gasteiger partial charge in [-0.1, -0.05) is 27.2 Å². The summed E-state index contributed by atoms with van der Waals surface area (Å²) >= 11 is 0. The Morgan fingerprint density at radius 3 is 2.90 bits per heavy atom. The van der Waals surface area contributed by atoms with Crippen LogP contribution in [0.1, 0.15) is 70.8 Å². The molecule has 1 aromatic rings. The maximum Gasteiger partial charge on any atom is 0.251 e. The maximum absolute atomic E-state index is 11.9. The first-order valence-electron chi connectivity index (χ1n) is 7.72. The Labute approximate surface area is 121 Å². The highest BCUT2D eigenvalue weighted by Crippen LogP contribution is 2.41. The number of aromatic amines is 1. The molecule has 0 bridgehead atoms. The third-order valence-corrected chi connectivity index (χ3v) is 4.16. The van der Waals surface area contributed by atoms with Crippen molar-refractivity contribution in [1.29, 1.82) is 0 Å². The second-order valence-corrected chi connectivity index (χ2v) is 6.30. The summed E-state index contributed by atoms with van der Waals surface area (Å²) in [5.74, 6) is 1.57. The molecule has 2 unspecified atom stereocenters. The van der Waals surface area contributed by atoms with E-state index in [1.165, 1.54) is 6.42 Å². The Hall–Kier alpha value is -1.16. The van der Waals surface area contributed by atoms with Crippen molar-refractivity contribution in [3.63, 3.8) is 0 Å². The van der Waals surface area contributed by atoms with Gasteiger partial charge in [-0.3, -0.25) is 4.79 Å². The summed E-state index contributed by atoms with van der Waals surface area (Å²) in [5, 5.41) is 0. The summed E-state index contributed by atoms with van der Waals surface area (Å²) in [5.41, 5.74) is 0.369. The van der Waals surface area contributed by atoms with Crippen molar-refractivity contribution in [1.82, 2.24) is 9.97 Å². The van der Waals surface area contributed by atoms with Gasteiger partial charge in [0.2, 0.25) is 0 Å². The summed E-state index contributed by atoms with van der Waals surface area (Å²) in [6.45, 7) is 9.01. The summed E-state index contributed by atoms with van der Waals surface area (Å²) in [4.78, 5) is 19.6. The third-order valence-electron chi connectivity index (χ3n) is 4.16. The van der Waals surface area contributed by atoms with Crippen LogP contribution in [0.15, 0.2) is 10.9 Å². The molecule has 0 aromatic carbocycles. The molecule has 0 spiro atoms. The molecule has 2 rings (SSSR count). The zero-order chi connectivity index (χ0) is 14.8. The van der Waals surface area contributed by atoms with Crippen LogP contribution >= 0.6 is 0 Å². The largest absolute Gasteiger partial charge is 0.367 e. The molecule has 1 aliphatic rings. The number of nitrogens with one attached hydrogen (secondary N) is 1. The lowest BCUT2D eigenvalue weighted by atomic mass is 9.78. The monoisotopic (exact) mass is 278 g/mol. The van der Waals surface area contributed by atoms with E-state index in [0.29, 0.717) is 12.5 Å². The fourth-order valence-corrected chi connectivity index (χ4v) is 3.18. The Morgan fingerprint density at radius 2 is 2.30 bits per heavy atom. The molecule has 1 saturated carbocycles. The average molecular weight is 278 g/mol. The quantitative estimate of drug-likeness (QED) is 0.919. The second-order valence-electron chi connectivity index (χ2n) is 6.30. The van der Waals surface area contributed by atoms with Crippen LogP contribution in [0.25, 0.3) is 0 Å². The molecule has 1 heterocycles. The topological polar surface area (TPSA) is 55.0 Å². The number of rotatable bonds is 4. The van der Waals surface area contributed by atoms with E-state index < -0.39 is 5.60 Å². The summed E-state index contributed by atoms with van der Waals surface area (Å²) in [6, 6.07) is 1.60. The van der Waals surface area contributed by atoms with Crippen molar-refractivity contribution >= 4 is 0 Å². The van der Waals surface area contributed by atoms with Gasteiger partial charge < -0.3 is 9.72 Å². The average Bonchev–Trinajstić information content (AvgIpc) is 2.38. The van der Waals surface area contributed by atoms with Crippen LogP contribution in [0.4, 0.5) is 0 Å². The molecule has 0 aliphatic heterocycles. The molecule has 112 valence electrons. The van der Waals surface area contributed by atoms with E-state index in [9.17, 15) is 4.79 Å². The van der Waals surface area contributed by atoms with Gasteiger partial charge in [-0.25, -0.2) is 4.98 Å². The highest BCUT2D eigenvalue weighted by Gasteiger charge is 2.39. The highest BCUT2D eigenvalue weighted by molar-refractivity contribution is 5.12. The van der Waals surface area contributed by atoms with Crippen molar-refractivity contribution in [3.8, 4) is 0 Å². The van der Waals surface area contributed by atoms with Crippen LogP contribution in [0.5, 0.6) is 0 Å². The molecule has 4 heteroatoms. The van der Waals surface area contributed by atoms with E-state index in [0.717, 1.165) is 30.8 Å². The van der Waals surface area contributed by atoms with E-state index in [-0.39, 0.29) is 11.5 Å². The van der Waals surface area contributed by atoms with Crippen molar-refractivity contribution in [2.75, 3.05) is 6.61 Å². The first-order chi connectivity index (χ1) is 9.47. The van der Waals surface area contributed by atoms with Crippen molar-refractivity contribution in [3.05, 3.63) is 27.9 Å². The number of ether oxygens (including phenoxy) is 1. The van der Waals surface area contributed by atoms with Crippen LogP contribution < -0.4 is 5.56 Å². The number of aromatic nitrogens is 2. The molecular formula is C16H26N2O2. The fourth-order valence-electron chi connectivity index (χ4n) is 3.18.